The molecule has 1 amide bonds. The van der Waals surface area contributed by atoms with Crippen LogP contribution >= 0.6 is 0 Å². The van der Waals surface area contributed by atoms with Gasteiger partial charge in [-0.15, -0.1) is 0 Å². The highest BCUT2D eigenvalue weighted by molar-refractivity contribution is 5.92. The number of rotatable bonds is 3. The van der Waals surface area contributed by atoms with Crippen molar-refractivity contribution in [3.63, 3.8) is 0 Å². The summed E-state index contributed by atoms with van der Waals surface area (Å²) in [6.45, 7) is 9.14. The number of nitrogens with zero attached hydrogens (tertiary/aromatic N) is 4. The fourth-order valence-corrected chi connectivity index (χ4v) is 2.48. The first-order valence-corrected chi connectivity index (χ1v) is 7.01. The van der Waals surface area contributed by atoms with Crippen molar-refractivity contribution >= 4 is 5.91 Å². The fourth-order valence-electron chi connectivity index (χ4n) is 2.48. The quantitative estimate of drug-likeness (QED) is 0.862. The zero-order valence-electron chi connectivity index (χ0n) is 12.8. The third kappa shape index (κ3) is 3.58. The maximum Gasteiger partial charge on any atom is 0.274 e. The normalized spacial score (nSPS) is 17.6. The molecular weight excluding hydrogens is 256 g/mol. The first-order chi connectivity index (χ1) is 9.26. The molecule has 2 heterocycles. The average molecular weight is 280 g/mol. The standard InChI is InChI=1S/C14H24N4O2/c1-11-9-12(15-16(11)4)13(19)18-7-5-17(6-8-18)10-14(2,3)20/h9,20H,5-8,10H2,1-4H3. The van der Waals surface area contributed by atoms with Gasteiger partial charge in [-0.3, -0.25) is 14.4 Å². The molecule has 2 rings (SSSR count). The minimum atomic E-state index is -0.690. The van der Waals surface area contributed by atoms with E-state index in [2.05, 4.69) is 10.00 Å². The van der Waals surface area contributed by atoms with Crippen molar-refractivity contribution < 1.29 is 9.90 Å². The van der Waals surface area contributed by atoms with Crippen LogP contribution in [0.3, 0.4) is 0 Å². The lowest BCUT2D eigenvalue weighted by molar-refractivity contribution is 0.0177. The molecule has 1 N–H and O–H groups in total. The smallest absolute Gasteiger partial charge is 0.274 e. The molecule has 20 heavy (non-hydrogen) atoms. The van der Waals surface area contributed by atoms with Crippen LogP contribution in [-0.2, 0) is 7.05 Å². The van der Waals surface area contributed by atoms with Gasteiger partial charge in [-0.25, -0.2) is 0 Å². The number of piperazine rings is 1. The number of hydrogen-bond donors (Lipinski definition) is 1. The van der Waals surface area contributed by atoms with Gasteiger partial charge in [0.05, 0.1) is 5.60 Å². The number of carbonyl (C=O) groups is 1. The lowest BCUT2D eigenvalue weighted by Crippen LogP contribution is -2.52. The van der Waals surface area contributed by atoms with Gasteiger partial charge >= 0.3 is 0 Å². The van der Waals surface area contributed by atoms with Gasteiger partial charge < -0.3 is 10.0 Å². The Bertz CT molecular complexity index is 462. The minimum absolute atomic E-state index is 0.00314. The summed E-state index contributed by atoms with van der Waals surface area (Å²) < 4.78 is 1.72. The van der Waals surface area contributed by atoms with E-state index in [1.807, 2.05) is 24.9 Å². The number of carbonyl (C=O) groups excluding carboxylic acids is 1. The summed E-state index contributed by atoms with van der Waals surface area (Å²) in [6, 6.07) is 1.82. The van der Waals surface area contributed by atoms with E-state index in [9.17, 15) is 9.90 Å². The molecule has 1 aromatic rings. The minimum Gasteiger partial charge on any atom is -0.389 e. The molecule has 0 bridgehead atoms. The van der Waals surface area contributed by atoms with Gasteiger partial charge in [-0.1, -0.05) is 0 Å². The number of aliphatic hydroxyl groups is 1. The van der Waals surface area contributed by atoms with Crippen LogP contribution < -0.4 is 0 Å². The first-order valence-electron chi connectivity index (χ1n) is 7.01. The zero-order chi connectivity index (χ0) is 14.9. The van der Waals surface area contributed by atoms with E-state index in [0.29, 0.717) is 25.3 Å². The molecule has 1 fully saturated rings. The van der Waals surface area contributed by atoms with E-state index in [4.69, 9.17) is 0 Å². The Labute approximate surface area is 120 Å². The van der Waals surface area contributed by atoms with E-state index in [1.165, 1.54) is 0 Å². The van der Waals surface area contributed by atoms with E-state index >= 15 is 0 Å². The van der Waals surface area contributed by atoms with Gasteiger partial charge in [-0.05, 0) is 26.8 Å². The largest absolute Gasteiger partial charge is 0.389 e. The topological polar surface area (TPSA) is 61.6 Å². The Hall–Kier alpha value is -1.40. The van der Waals surface area contributed by atoms with Crippen LogP contribution in [0.2, 0.25) is 0 Å². The van der Waals surface area contributed by atoms with E-state index in [1.54, 1.807) is 18.5 Å². The summed E-state index contributed by atoms with van der Waals surface area (Å²) in [5, 5.41) is 14.1. The Morgan fingerprint density at radius 3 is 2.40 bits per heavy atom. The highest BCUT2D eigenvalue weighted by Gasteiger charge is 2.26. The lowest BCUT2D eigenvalue weighted by Gasteiger charge is -2.37. The highest BCUT2D eigenvalue weighted by atomic mass is 16.3. The molecule has 1 aliphatic rings. The molecule has 0 atom stereocenters. The van der Waals surface area contributed by atoms with Crippen molar-refractivity contribution in [2.45, 2.75) is 26.4 Å². The van der Waals surface area contributed by atoms with Crippen molar-refractivity contribution in [1.82, 2.24) is 19.6 Å². The highest BCUT2D eigenvalue weighted by Crippen LogP contribution is 2.11. The van der Waals surface area contributed by atoms with Crippen molar-refractivity contribution in [1.29, 1.82) is 0 Å². The van der Waals surface area contributed by atoms with Crippen LogP contribution in [-0.4, -0.2) is 68.9 Å². The second kappa shape index (κ2) is 5.54. The molecule has 0 radical (unpaired) electrons. The molecular formula is C14H24N4O2. The molecule has 1 aliphatic heterocycles. The Morgan fingerprint density at radius 1 is 1.35 bits per heavy atom. The van der Waals surface area contributed by atoms with E-state index in [-0.39, 0.29) is 5.91 Å². The summed E-state index contributed by atoms with van der Waals surface area (Å²) in [7, 11) is 1.84. The lowest BCUT2D eigenvalue weighted by atomic mass is 10.1. The van der Waals surface area contributed by atoms with E-state index in [0.717, 1.165) is 18.8 Å². The first kappa shape index (κ1) is 15.0. The Balaban J connectivity index is 1.92. The molecule has 0 aliphatic carbocycles. The Kier molecular flexibility index (Phi) is 4.15. The van der Waals surface area contributed by atoms with Gasteiger partial charge in [0.2, 0.25) is 0 Å². The number of hydrogen-bond acceptors (Lipinski definition) is 4. The number of amides is 1. The van der Waals surface area contributed by atoms with Gasteiger partial charge in [0.25, 0.3) is 5.91 Å². The van der Waals surface area contributed by atoms with Crippen LogP contribution in [0.4, 0.5) is 0 Å². The van der Waals surface area contributed by atoms with Crippen molar-refractivity contribution in [2.24, 2.45) is 7.05 Å². The third-order valence-corrected chi connectivity index (χ3v) is 3.60. The van der Waals surface area contributed by atoms with Gasteiger partial charge in [-0.2, -0.15) is 5.10 Å². The second-order valence-corrected chi connectivity index (χ2v) is 6.18. The second-order valence-electron chi connectivity index (χ2n) is 6.18. The molecule has 0 unspecified atom stereocenters. The van der Waals surface area contributed by atoms with Gasteiger partial charge in [0.15, 0.2) is 5.69 Å². The molecule has 1 aromatic heterocycles. The van der Waals surface area contributed by atoms with Gasteiger partial charge in [0.1, 0.15) is 0 Å². The zero-order valence-corrected chi connectivity index (χ0v) is 12.8. The summed E-state index contributed by atoms with van der Waals surface area (Å²) in [6.07, 6.45) is 0. The summed E-state index contributed by atoms with van der Waals surface area (Å²) in [5.74, 6) is -0.00314. The maximum atomic E-state index is 12.3. The van der Waals surface area contributed by atoms with Crippen LogP contribution in [0.15, 0.2) is 6.07 Å². The summed E-state index contributed by atoms with van der Waals surface area (Å²) in [5.41, 5.74) is 0.805. The molecule has 112 valence electrons. The van der Waals surface area contributed by atoms with Crippen molar-refractivity contribution in [3.8, 4) is 0 Å². The summed E-state index contributed by atoms with van der Waals surface area (Å²) in [4.78, 5) is 16.4. The van der Waals surface area contributed by atoms with Crippen molar-refractivity contribution in [2.75, 3.05) is 32.7 Å². The SMILES string of the molecule is Cc1cc(C(=O)N2CCN(CC(C)(C)O)CC2)nn1C. The number of aryl methyl sites for hydroxylation is 2. The average Bonchev–Trinajstić information content (AvgIpc) is 2.68. The summed E-state index contributed by atoms with van der Waals surface area (Å²) >= 11 is 0. The molecule has 0 spiro atoms. The fraction of sp³-hybridized carbons (Fsp3) is 0.714. The monoisotopic (exact) mass is 280 g/mol. The van der Waals surface area contributed by atoms with E-state index < -0.39 is 5.60 Å². The van der Waals surface area contributed by atoms with Crippen molar-refractivity contribution in [3.05, 3.63) is 17.5 Å². The molecule has 0 saturated carbocycles. The molecule has 1 saturated heterocycles. The van der Waals surface area contributed by atoms with Crippen LogP contribution in [0.5, 0.6) is 0 Å². The number of aromatic nitrogens is 2. The predicted molar refractivity (Wildman–Crippen MR) is 76.6 cm³/mol. The van der Waals surface area contributed by atoms with Crippen LogP contribution in [0.25, 0.3) is 0 Å². The predicted octanol–water partition coefficient (Wildman–Crippen LogP) is 0.257. The molecule has 0 aromatic carbocycles. The number of β-amino-alcohol motifs (C(OH)–C–C–N with tert-alkyl or cyclic N) is 1. The Morgan fingerprint density at radius 2 is 1.95 bits per heavy atom. The molecule has 6 heteroatoms. The van der Waals surface area contributed by atoms with Crippen LogP contribution in [0, 0.1) is 6.92 Å². The third-order valence-electron chi connectivity index (χ3n) is 3.60. The molecule has 6 nitrogen and oxygen atoms in total. The van der Waals surface area contributed by atoms with Gasteiger partial charge in [0, 0.05) is 45.5 Å². The van der Waals surface area contributed by atoms with Crippen LogP contribution in [0.1, 0.15) is 30.0 Å². The maximum absolute atomic E-state index is 12.3.